The normalized spacial score (nSPS) is 19.0. The summed E-state index contributed by atoms with van der Waals surface area (Å²) in [4.78, 5) is 2.49. The van der Waals surface area contributed by atoms with Crippen LogP contribution in [0.4, 0.5) is 0 Å². The van der Waals surface area contributed by atoms with Crippen LogP contribution in [0.3, 0.4) is 0 Å². The summed E-state index contributed by atoms with van der Waals surface area (Å²) in [5, 5.41) is 4.32. The number of piperidine rings is 1. The minimum absolute atomic E-state index is 0.616. The lowest BCUT2D eigenvalue weighted by atomic mass is 10.0. The van der Waals surface area contributed by atoms with E-state index in [1.807, 2.05) is 25.2 Å². The molecular weight excluding hydrogens is 303 g/mol. The number of rotatable bonds is 4. The third-order valence-electron chi connectivity index (χ3n) is 4.04. The van der Waals surface area contributed by atoms with Crippen molar-refractivity contribution >= 4 is 23.2 Å². The van der Waals surface area contributed by atoms with E-state index in [0.717, 1.165) is 19.0 Å². The molecule has 0 bridgehead atoms. The van der Waals surface area contributed by atoms with Gasteiger partial charge in [0.15, 0.2) is 0 Å². The van der Waals surface area contributed by atoms with Gasteiger partial charge in [0.2, 0.25) is 0 Å². The number of hydrogen-bond donors (Lipinski definition) is 1. The summed E-state index contributed by atoms with van der Waals surface area (Å²) in [6, 6.07) is 6.61. The molecule has 1 unspecified atom stereocenters. The molecule has 1 aromatic carbocycles. The summed E-state index contributed by atoms with van der Waals surface area (Å²) < 4.78 is 0. The first-order chi connectivity index (χ1) is 10.1. The van der Waals surface area contributed by atoms with Gasteiger partial charge in [0, 0.05) is 6.04 Å². The van der Waals surface area contributed by atoms with Crippen LogP contribution in [-0.2, 0) is 6.42 Å². The number of likely N-dealkylation sites (N-methyl/N-ethyl adjacent to an activating group) is 1. The molecule has 1 aliphatic rings. The van der Waals surface area contributed by atoms with Crippen molar-refractivity contribution in [2.24, 2.45) is 0 Å². The zero-order valence-electron chi connectivity index (χ0n) is 13.5. The lowest BCUT2D eigenvalue weighted by Gasteiger charge is -2.31. The van der Waals surface area contributed by atoms with Gasteiger partial charge in [-0.15, -0.1) is 0 Å². The van der Waals surface area contributed by atoms with Gasteiger partial charge >= 0.3 is 0 Å². The van der Waals surface area contributed by atoms with Crippen LogP contribution in [0, 0.1) is 0 Å². The molecule has 1 heterocycles. The van der Waals surface area contributed by atoms with E-state index < -0.39 is 0 Å². The maximum absolute atomic E-state index is 5.84. The first-order valence-corrected chi connectivity index (χ1v) is 8.62. The van der Waals surface area contributed by atoms with Crippen molar-refractivity contribution in [2.45, 2.75) is 45.1 Å². The van der Waals surface area contributed by atoms with Crippen molar-refractivity contribution in [3.63, 3.8) is 0 Å². The molecule has 2 nitrogen and oxygen atoms in total. The van der Waals surface area contributed by atoms with E-state index in [9.17, 15) is 0 Å². The van der Waals surface area contributed by atoms with Crippen LogP contribution in [-0.4, -0.2) is 38.1 Å². The van der Waals surface area contributed by atoms with Crippen molar-refractivity contribution in [1.82, 2.24) is 10.2 Å². The molecule has 4 heteroatoms. The van der Waals surface area contributed by atoms with E-state index in [0.29, 0.717) is 10.0 Å². The van der Waals surface area contributed by atoms with Crippen LogP contribution in [0.1, 0.15) is 38.2 Å². The number of hydrogen-bond acceptors (Lipinski definition) is 2. The van der Waals surface area contributed by atoms with Gasteiger partial charge in [-0.25, -0.2) is 0 Å². The fraction of sp³-hybridized carbons (Fsp3) is 0.647. The van der Waals surface area contributed by atoms with Gasteiger partial charge in [0.1, 0.15) is 0 Å². The highest BCUT2D eigenvalue weighted by atomic mass is 35.5. The van der Waals surface area contributed by atoms with Gasteiger partial charge in [-0.05, 0) is 70.6 Å². The Bertz CT molecular complexity index is 410. The molecule has 1 aliphatic heterocycles. The number of nitrogens with zero attached hydrogens (tertiary/aromatic N) is 1. The molecule has 1 saturated heterocycles. The number of halogens is 2. The Balaban J connectivity index is 0.000000219. The first kappa shape index (κ1) is 18.8. The van der Waals surface area contributed by atoms with Crippen LogP contribution in [0.5, 0.6) is 0 Å². The second-order valence-corrected chi connectivity index (χ2v) is 6.45. The fourth-order valence-electron chi connectivity index (χ4n) is 2.62. The zero-order valence-corrected chi connectivity index (χ0v) is 15.0. The van der Waals surface area contributed by atoms with Gasteiger partial charge in [-0.1, -0.05) is 42.6 Å². The van der Waals surface area contributed by atoms with Crippen LogP contribution >= 0.6 is 23.2 Å². The van der Waals surface area contributed by atoms with Crippen molar-refractivity contribution in [3.8, 4) is 0 Å². The molecule has 0 aliphatic carbocycles. The second kappa shape index (κ2) is 10.4. The highest BCUT2D eigenvalue weighted by molar-refractivity contribution is 6.42. The summed E-state index contributed by atoms with van der Waals surface area (Å²) in [7, 11) is 4.17. The third-order valence-corrected chi connectivity index (χ3v) is 4.78. The average molecular weight is 331 g/mol. The molecule has 0 aromatic heterocycles. The molecule has 1 fully saturated rings. The third kappa shape index (κ3) is 7.01. The molecular formula is C17H28Cl2N2. The van der Waals surface area contributed by atoms with Crippen molar-refractivity contribution < 1.29 is 0 Å². The van der Waals surface area contributed by atoms with Gasteiger partial charge in [-0.3, -0.25) is 0 Å². The molecule has 0 amide bonds. The van der Waals surface area contributed by atoms with Gasteiger partial charge in [-0.2, -0.15) is 0 Å². The predicted molar refractivity (Wildman–Crippen MR) is 94.7 cm³/mol. The SMILES string of the molecule is CCC1CCCCN1C.CNCCc1ccc(Cl)c(Cl)c1. The molecule has 1 N–H and O–H groups in total. The Morgan fingerprint density at radius 1 is 1.24 bits per heavy atom. The van der Waals surface area contributed by atoms with E-state index >= 15 is 0 Å². The van der Waals surface area contributed by atoms with Gasteiger partial charge < -0.3 is 10.2 Å². The summed E-state index contributed by atoms with van der Waals surface area (Å²) in [6.45, 7) is 4.56. The van der Waals surface area contributed by atoms with Crippen molar-refractivity contribution in [2.75, 3.05) is 27.2 Å². The molecule has 0 saturated carbocycles. The number of benzene rings is 1. The summed E-state index contributed by atoms with van der Waals surface area (Å²) in [6.07, 6.45) is 6.59. The second-order valence-electron chi connectivity index (χ2n) is 5.64. The molecule has 0 spiro atoms. The maximum Gasteiger partial charge on any atom is 0.0595 e. The van der Waals surface area contributed by atoms with Crippen molar-refractivity contribution in [1.29, 1.82) is 0 Å². The Morgan fingerprint density at radius 3 is 2.52 bits per heavy atom. The zero-order chi connectivity index (χ0) is 15.7. The summed E-state index contributed by atoms with van der Waals surface area (Å²) >= 11 is 11.6. The van der Waals surface area contributed by atoms with Crippen LogP contribution in [0.2, 0.25) is 10.0 Å². The lowest BCUT2D eigenvalue weighted by molar-refractivity contribution is 0.181. The fourth-order valence-corrected chi connectivity index (χ4v) is 2.95. The molecule has 21 heavy (non-hydrogen) atoms. The highest BCUT2D eigenvalue weighted by Crippen LogP contribution is 2.22. The summed E-state index contributed by atoms with van der Waals surface area (Å²) in [5.74, 6) is 0. The van der Waals surface area contributed by atoms with E-state index in [-0.39, 0.29) is 0 Å². The van der Waals surface area contributed by atoms with Gasteiger partial charge in [0.05, 0.1) is 10.0 Å². The first-order valence-electron chi connectivity index (χ1n) is 7.87. The minimum Gasteiger partial charge on any atom is -0.319 e. The van der Waals surface area contributed by atoms with Crippen molar-refractivity contribution in [3.05, 3.63) is 33.8 Å². The van der Waals surface area contributed by atoms with Gasteiger partial charge in [0.25, 0.3) is 0 Å². The monoisotopic (exact) mass is 330 g/mol. The molecule has 1 aromatic rings. The number of likely N-dealkylation sites (tertiary alicyclic amines) is 1. The predicted octanol–water partition coefficient (Wildman–Crippen LogP) is 4.64. The van der Waals surface area contributed by atoms with E-state index in [2.05, 4.69) is 24.2 Å². The Kier molecular flexibility index (Phi) is 9.34. The highest BCUT2D eigenvalue weighted by Gasteiger charge is 2.15. The van der Waals surface area contributed by atoms with E-state index in [4.69, 9.17) is 23.2 Å². The Labute approximate surface area is 139 Å². The van der Waals surface area contributed by atoms with Crippen LogP contribution in [0.25, 0.3) is 0 Å². The minimum atomic E-state index is 0.616. The standard InChI is InChI=1S/C9H11Cl2N.C8H17N/c1-12-5-4-7-2-3-8(10)9(11)6-7;1-3-8-6-4-5-7-9(8)2/h2-3,6,12H,4-5H2,1H3;8H,3-7H2,1-2H3. The van der Waals surface area contributed by atoms with E-state index in [1.54, 1.807) is 0 Å². The smallest absolute Gasteiger partial charge is 0.0595 e. The van der Waals surface area contributed by atoms with Crippen LogP contribution in [0.15, 0.2) is 18.2 Å². The number of nitrogens with one attached hydrogen (secondary N) is 1. The molecule has 0 radical (unpaired) electrons. The van der Waals surface area contributed by atoms with E-state index in [1.165, 1.54) is 37.8 Å². The largest absolute Gasteiger partial charge is 0.319 e. The molecule has 2 rings (SSSR count). The maximum atomic E-state index is 5.84. The molecule has 120 valence electrons. The quantitative estimate of drug-likeness (QED) is 0.865. The molecule has 1 atom stereocenters. The Morgan fingerprint density at radius 2 is 2.00 bits per heavy atom. The van der Waals surface area contributed by atoms with Crippen LogP contribution < -0.4 is 5.32 Å². The summed E-state index contributed by atoms with van der Waals surface area (Å²) in [5.41, 5.74) is 1.21. The average Bonchev–Trinajstić information content (AvgIpc) is 2.50. The topological polar surface area (TPSA) is 15.3 Å². The Hall–Kier alpha value is -0.280. The lowest BCUT2D eigenvalue weighted by Crippen LogP contribution is -2.35.